The zero-order valence-electron chi connectivity index (χ0n) is 14.1. The lowest BCUT2D eigenvalue weighted by Gasteiger charge is -2.28. The Morgan fingerprint density at radius 2 is 1.76 bits per heavy atom. The topological polar surface area (TPSA) is 49.4 Å². The number of hydrogen-bond acceptors (Lipinski definition) is 2. The zero-order valence-corrected chi connectivity index (χ0v) is 14.1. The highest BCUT2D eigenvalue weighted by atomic mass is 19.2. The van der Waals surface area contributed by atoms with Crippen molar-refractivity contribution in [1.29, 1.82) is 0 Å². The van der Waals surface area contributed by atoms with Gasteiger partial charge in [-0.2, -0.15) is 0 Å². The van der Waals surface area contributed by atoms with Gasteiger partial charge >= 0.3 is 0 Å². The summed E-state index contributed by atoms with van der Waals surface area (Å²) in [7, 11) is 0. The van der Waals surface area contributed by atoms with Gasteiger partial charge in [0.2, 0.25) is 5.91 Å². The number of nitrogens with zero attached hydrogens (tertiary/aromatic N) is 1. The first-order valence-corrected chi connectivity index (χ1v) is 7.95. The second kappa shape index (κ2) is 8.37. The molecule has 2 aromatic carbocycles. The Morgan fingerprint density at radius 3 is 2.36 bits per heavy atom. The molecule has 0 aliphatic heterocycles. The minimum Gasteiger partial charge on any atom is -0.350 e. The fourth-order valence-electron chi connectivity index (χ4n) is 2.56. The second-order valence-corrected chi connectivity index (χ2v) is 5.68. The van der Waals surface area contributed by atoms with E-state index >= 15 is 0 Å². The third-order valence-electron chi connectivity index (χ3n) is 3.97. The molecule has 2 rings (SSSR count). The van der Waals surface area contributed by atoms with Gasteiger partial charge in [0, 0.05) is 25.6 Å². The van der Waals surface area contributed by atoms with Crippen LogP contribution in [0.3, 0.4) is 0 Å². The molecule has 0 saturated carbocycles. The number of benzene rings is 2. The number of hydrogen-bond donors (Lipinski definition) is 1. The first-order chi connectivity index (χ1) is 11.9. The van der Waals surface area contributed by atoms with E-state index in [1.165, 1.54) is 13.0 Å². The van der Waals surface area contributed by atoms with Crippen LogP contribution in [0.15, 0.2) is 48.5 Å². The first-order valence-electron chi connectivity index (χ1n) is 7.95. The Labute approximate surface area is 145 Å². The molecule has 25 heavy (non-hydrogen) atoms. The molecule has 0 bridgehead atoms. The van der Waals surface area contributed by atoms with Crippen LogP contribution in [0.5, 0.6) is 0 Å². The molecule has 0 spiro atoms. The molecule has 0 aliphatic rings. The standard InChI is InChI=1S/C19H20F2N2O2/c1-13(15-6-4-3-5-7-15)23(14(2)24)11-10-22-19(25)16-8-9-17(20)18(21)12-16/h3-9,12-13H,10-11H2,1-2H3,(H,22,25). The van der Waals surface area contributed by atoms with Crippen molar-refractivity contribution < 1.29 is 18.4 Å². The van der Waals surface area contributed by atoms with Crippen molar-refractivity contribution in [3.63, 3.8) is 0 Å². The summed E-state index contributed by atoms with van der Waals surface area (Å²) in [6.45, 7) is 3.89. The number of carbonyl (C=O) groups excluding carboxylic acids is 2. The quantitative estimate of drug-likeness (QED) is 0.872. The predicted molar refractivity (Wildman–Crippen MR) is 90.9 cm³/mol. The van der Waals surface area contributed by atoms with Crippen molar-refractivity contribution >= 4 is 11.8 Å². The van der Waals surface area contributed by atoms with Crippen molar-refractivity contribution in [3.05, 3.63) is 71.3 Å². The van der Waals surface area contributed by atoms with Crippen LogP contribution in [0, 0.1) is 11.6 Å². The molecule has 2 aromatic rings. The van der Waals surface area contributed by atoms with Crippen LogP contribution in [-0.4, -0.2) is 29.8 Å². The first kappa shape index (κ1) is 18.6. The van der Waals surface area contributed by atoms with E-state index in [1.807, 2.05) is 37.3 Å². The summed E-state index contributed by atoms with van der Waals surface area (Å²) in [5.41, 5.74) is 1.02. The van der Waals surface area contributed by atoms with E-state index in [0.29, 0.717) is 6.54 Å². The average Bonchev–Trinajstić information content (AvgIpc) is 2.60. The second-order valence-electron chi connectivity index (χ2n) is 5.68. The van der Waals surface area contributed by atoms with Gasteiger partial charge in [-0.05, 0) is 30.7 Å². The number of halogens is 2. The molecule has 1 unspecified atom stereocenters. The fraction of sp³-hybridized carbons (Fsp3) is 0.263. The van der Waals surface area contributed by atoms with Crippen LogP contribution in [0.25, 0.3) is 0 Å². The predicted octanol–water partition coefficient (Wildman–Crippen LogP) is 3.30. The molecule has 0 fully saturated rings. The van der Waals surface area contributed by atoms with Gasteiger partial charge in [0.15, 0.2) is 11.6 Å². The third-order valence-corrected chi connectivity index (χ3v) is 3.97. The molecule has 0 radical (unpaired) electrons. The minimum atomic E-state index is -1.07. The normalized spacial score (nSPS) is 11.7. The molecule has 1 N–H and O–H groups in total. The van der Waals surface area contributed by atoms with E-state index in [-0.39, 0.29) is 24.1 Å². The maximum atomic E-state index is 13.2. The van der Waals surface area contributed by atoms with Crippen LogP contribution in [-0.2, 0) is 4.79 Å². The summed E-state index contributed by atoms with van der Waals surface area (Å²) in [4.78, 5) is 25.5. The van der Waals surface area contributed by atoms with Crippen LogP contribution >= 0.6 is 0 Å². The molecule has 6 heteroatoms. The van der Waals surface area contributed by atoms with Gasteiger partial charge in [-0.25, -0.2) is 8.78 Å². The highest BCUT2D eigenvalue weighted by Gasteiger charge is 2.18. The number of nitrogens with one attached hydrogen (secondary N) is 1. The molecule has 0 heterocycles. The maximum absolute atomic E-state index is 13.2. The maximum Gasteiger partial charge on any atom is 0.251 e. The number of carbonyl (C=O) groups is 2. The molecule has 132 valence electrons. The van der Waals surface area contributed by atoms with E-state index in [9.17, 15) is 18.4 Å². The SMILES string of the molecule is CC(=O)N(CCNC(=O)c1ccc(F)c(F)c1)C(C)c1ccccc1. The summed E-state index contributed by atoms with van der Waals surface area (Å²) in [6.07, 6.45) is 0. The van der Waals surface area contributed by atoms with Crippen molar-refractivity contribution in [1.82, 2.24) is 10.2 Å². The Balaban J connectivity index is 1.96. The lowest BCUT2D eigenvalue weighted by molar-refractivity contribution is -0.130. The van der Waals surface area contributed by atoms with Gasteiger partial charge in [-0.3, -0.25) is 9.59 Å². The third kappa shape index (κ3) is 4.86. The molecule has 1 atom stereocenters. The highest BCUT2D eigenvalue weighted by molar-refractivity contribution is 5.94. The van der Waals surface area contributed by atoms with Gasteiger partial charge in [0.1, 0.15) is 0 Å². The Hall–Kier alpha value is -2.76. The van der Waals surface area contributed by atoms with Crippen molar-refractivity contribution in [2.24, 2.45) is 0 Å². The zero-order chi connectivity index (χ0) is 18.4. The van der Waals surface area contributed by atoms with E-state index in [2.05, 4.69) is 5.32 Å². The van der Waals surface area contributed by atoms with Crippen molar-refractivity contribution in [2.45, 2.75) is 19.9 Å². The van der Waals surface area contributed by atoms with Crippen LogP contribution in [0.2, 0.25) is 0 Å². The average molecular weight is 346 g/mol. The van der Waals surface area contributed by atoms with E-state index < -0.39 is 17.5 Å². The molecular weight excluding hydrogens is 326 g/mol. The van der Waals surface area contributed by atoms with Gasteiger partial charge in [0.25, 0.3) is 5.91 Å². The summed E-state index contributed by atoms with van der Waals surface area (Å²) in [6, 6.07) is 12.4. The molecule has 0 aliphatic carbocycles. The largest absolute Gasteiger partial charge is 0.350 e. The van der Waals surface area contributed by atoms with E-state index in [1.54, 1.807) is 4.90 Å². The van der Waals surface area contributed by atoms with Gasteiger partial charge in [-0.15, -0.1) is 0 Å². The van der Waals surface area contributed by atoms with E-state index in [4.69, 9.17) is 0 Å². The molecule has 4 nitrogen and oxygen atoms in total. The Morgan fingerprint density at radius 1 is 1.08 bits per heavy atom. The Bertz CT molecular complexity index is 750. The molecule has 2 amide bonds. The summed E-state index contributed by atoms with van der Waals surface area (Å²) < 4.78 is 26.1. The van der Waals surface area contributed by atoms with Crippen LogP contribution in [0.1, 0.15) is 35.8 Å². The minimum absolute atomic E-state index is 0.0318. The number of amides is 2. The van der Waals surface area contributed by atoms with Gasteiger partial charge in [-0.1, -0.05) is 30.3 Å². The van der Waals surface area contributed by atoms with Crippen LogP contribution in [0.4, 0.5) is 8.78 Å². The van der Waals surface area contributed by atoms with Crippen molar-refractivity contribution in [2.75, 3.05) is 13.1 Å². The lowest BCUT2D eigenvalue weighted by Crippen LogP contribution is -2.39. The molecule has 0 aromatic heterocycles. The lowest BCUT2D eigenvalue weighted by atomic mass is 10.1. The fourth-order valence-corrected chi connectivity index (χ4v) is 2.56. The molecule has 0 saturated heterocycles. The smallest absolute Gasteiger partial charge is 0.251 e. The van der Waals surface area contributed by atoms with E-state index in [0.717, 1.165) is 17.7 Å². The highest BCUT2D eigenvalue weighted by Crippen LogP contribution is 2.19. The monoisotopic (exact) mass is 346 g/mol. The van der Waals surface area contributed by atoms with Crippen molar-refractivity contribution in [3.8, 4) is 0 Å². The molecular formula is C19H20F2N2O2. The van der Waals surface area contributed by atoms with Gasteiger partial charge in [0.05, 0.1) is 6.04 Å². The summed E-state index contributed by atoms with van der Waals surface area (Å²) >= 11 is 0. The summed E-state index contributed by atoms with van der Waals surface area (Å²) in [5, 5.41) is 2.62. The Kier molecular flexibility index (Phi) is 6.22. The number of rotatable bonds is 6. The summed E-state index contributed by atoms with van der Waals surface area (Å²) in [5.74, 6) is -2.71. The van der Waals surface area contributed by atoms with Gasteiger partial charge < -0.3 is 10.2 Å². The van der Waals surface area contributed by atoms with Crippen LogP contribution < -0.4 is 5.32 Å².